The molecule has 0 radical (unpaired) electrons. The average molecular weight is 379 g/mol. The van der Waals surface area contributed by atoms with Crippen LogP contribution in [0.5, 0.6) is 0 Å². The lowest BCUT2D eigenvalue weighted by Crippen LogP contribution is -2.39. The van der Waals surface area contributed by atoms with E-state index in [0.29, 0.717) is 27.8 Å². The summed E-state index contributed by atoms with van der Waals surface area (Å²) in [6.07, 6.45) is 0. The number of anilines is 1. The SMILES string of the molecule is CC(=O)c1ccc(NC(=O)[C@@H](C)N(C)Cc2ccc(Cl)cc2Cl)cc1. The Bertz CT molecular complexity index is 775. The number of rotatable bonds is 6. The van der Waals surface area contributed by atoms with Gasteiger partial charge in [0.15, 0.2) is 5.78 Å². The van der Waals surface area contributed by atoms with E-state index in [1.54, 1.807) is 36.4 Å². The smallest absolute Gasteiger partial charge is 0.241 e. The van der Waals surface area contributed by atoms with Crippen LogP contribution in [-0.2, 0) is 11.3 Å². The van der Waals surface area contributed by atoms with Crippen molar-refractivity contribution in [2.45, 2.75) is 26.4 Å². The van der Waals surface area contributed by atoms with E-state index in [1.807, 2.05) is 24.9 Å². The molecule has 0 aromatic heterocycles. The molecule has 1 atom stereocenters. The van der Waals surface area contributed by atoms with Crippen LogP contribution in [0.4, 0.5) is 5.69 Å². The molecule has 0 spiro atoms. The summed E-state index contributed by atoms with van der Waals surface area (Å²) in [5.74, 6) is -0.144. The van der Waals surface area contributed by atoms with Gasteiger partial charge in [-0.15, -0.1) is 0 Å². The van der Waals surface area contributed by atoms with Gasteiger partial charge in [0.25, 0.3) is 0 Å². The topological polar surface area (TPSA) is 49.4 Å². The zero-order valence-electron chi connectivity index (χ0n) is 14.3. The van der Waals surface area contributed by atoms with Crippen LogP contribution in [0.2, 0.25) is 10.0 Å². The number of nitrogens with one attached hydrogen (secondary N) is 1. The minimum atomic E-state index is -0.362. The molecule has 1 N–H and O–H groups in total. The molecule has 6 heteroatoms. The lowest BCUT2D eigenvalue weighted by Gasteiger charge is -2.24. The van der Waals surface area contributed by atoms with Crippen LogP contribution in [0.25, 0.3) is 0 Å². The monoisotopic (exact) mass is 378 g/mol. The summed E-state index contributed by atoms with van der Waals surface area (Å²) in [6.45, 7) is 3.85. The molecule has 0 saturated heterocycles. The minimum absolute atomic E-state index is 0.00850. The molecule has 132 valence electrons. The maximum absolute atomic E-state index is 12.4. The summed E-state index contributed by atoms with van der Waals surface area (Å²) < 4.78 is 0. The molecule has 2 aromatic carbocycles. The quantitative estimate of drug-likeness (QED) is 0.743. The van der Waals surface area contributed by atoms with E-state index in [1.165, 1.54) is 6.92 Å². The maximum atomic E-state index is 12.4. The van der Waals surface area contributed by atoms with Crippen LogP contribution in [-0.4, -0.2) is 29.7 Å². The minimum Gasteiger partial charge on any atom is -0.325 e. The van der Waals surface area contributed by atoms with Gasteiger partial charge in [-0.25, -0.2) is 0 Å². The third-order valence-electron chi connectivity index (χ3n) is 4.03. The summed E-state index contributed by atoms with van der Waals surface area (Å²) in [7, 11) is 1.86. The highest BCUT2D eigenvalue weighted by atomic mass is 35.5. The molecule has 25 heavy (non-hydrogen) atoms. The summed E-state index contributed by atoms with van der Waals surface area (Å²) in [6, 6.07) is 11.8. The van der Waals surface area contributed by atoms with E-state index < -0.39 is 0 Å². The fraction of sp³-hybridized carbons (Fsp3) is 0.263. The maximum Gasteiger partial charge on any atom is 0.241 e. The summed E-state index contributed by atoms with van der Waals surface area (Å²) >= 11 is 12.1. The molecule has 0 aliphatic rings. The van der Waals surface area contributed by atoms with Gasteiger partial charge in [0.05, 0.1) is 6.04 Å². The summed E-state index contributed by atoms with van der Waals surface area (Å²) in [5.41, 5.74) is 2.17. The number of carbonyl (C=O) groups is 2. The molecule has 0 saturated carbocycles. The van der Waals surface area contributed by atoms with E-state index in [9.17, 15) is 9.59 Å². The fourth-order valence-corrected chi connectivity index (χ4v) is 2.76. The van der Waals surface area contributed by atoms with Crippen molar-refractivity contribution in [3.05, 3.63) is 63.6 Å². The number of ketones is 1. The highest BCUT2D eigenvalue weighted by Crippen LogP contribution is 2.22. The molecule has 0 aliphatic heterocycles. The lowest BCUT2D eigenvalue weighted by molar-refractivity contribution is -0.120. The van der Waals surface area contributed by atoms with Crippen LogP contribution < -0.4 is 5.32 Å². The van der Waals surface area contributed by atoms with Crippen LogP contribution in [0, 0.1) is 0 Å². The molecular formula is C19H20Cl2N2O2. The van der Waals surface area contributed by atoms with Crippen molar-refractivity contribution in [2.24, 2.45) is 0 Å². The summed E-state index contributed by atoms with van der Waals surface area (Å²) in [4.78, 5) is 25.6. The molecule has 4 nitrogen and oxygen atoms in total. The van der Waals surface area contributed by atoms with Gasteiger partial charge in [-0.3, -0.25) is 14.5 Å². The number of likely N-dealkylation sites (N-methyl/N-ethyl adjacent to an activating group) is 1. The number of nitrogens with zero attached hydrogens (tertiary/aromatic N) is 1. The Hall–Kier alpha value is -1.88. The Balaban J connectivity index is 1.99. The molecule has 0 heterocycles. The Kier molecular flexibility index (Phi) is 6.59. The normalized spacial score (nSPS) is 12.1. The van der Waals surface area contributed by atoms with Crippen molar-refractivity contribution in [3.63, 3.8) is 0 Å². The first-order chi connectivity index (χ1) is 11.8. The number of carbonyl (C=O) groups excluding carboxylic acids is 2. The highest BCUT2D eigenvalue weighted by Gasteiger charge is 2.19. The third-order valence-corrected chi connectivity index (χ3v) is 4.62. The largest absolute Gasteiger partial charge is 0.325 e. The molecule has 0 fully saturated rings. The Morgan fingerprint density at radius 1 is 1.12 bits per heavy atom. The number of halogens is 2. The zero-order chi connectivity index (χ0) is 18.6. The molecule has 0 unspecified atom stereocenters. The van der Waals surface area contributed by atoms with Gasteiger partial charge in [0.1, 0.15) is 0 Å². The third kappa shape index (κ3) is 5.30. The van der Waals surface area contributed by atoms with Crippen molar-refractivity contribution in [3.8, 4) is 0 Å². The van der Waals surface area contributed by atoms with E-state index in [4.69, 9.17) is 23.2 Å². The number of benzene rings is 2. The second-order valence-corrected chi connectivity index (χ2v) is 6.79. The van der Waals surface area contributed by atoms with Gasteiger partial charge in [-0.1, -0.05) is 29.3 Å². The second-order valence-electron chi connectivity index (χ2n) is 5.95. The van der Waals surface area contributed by atoms with Crippen LogP contribution in [0.3, 0.4) is 0 Å². The van der Waals surface area contributed by atoms with Gasteiger partial charge < -0.3 is 5.32 Å². The number of Topliss-reactive ketones (excluding diaryl/α,β-unsaturated/α-hetero) is 1. The zero-order valence-corrected chi connectivity index (χ0v) is 15.9. The number of hydrogen-bond donors (Lipinski definition) is 1. The first-order valence-electron chi connectivity index (χ1n) is 7.84. The van der Waals surface area contributed by atoms with E-state index in [0.717, 1.165) is 5.56 Å². The van der Waals surface area contributed by atoms with E-state index in [2.05, 4.69) is 5.32 Å². The molecular weight excluding hydrogens is 359 g/mol. The molecule has 2 aromatic rings. The molecule has 0 aliphatic carbocycles. The van der Waals surface area contributed by atoms with Crippen molar-refractivity contribution in [2.75, 3.05) is 12.4 Å². The van der Waals surface area contributed by atoms with Gasteiger partial charge in [-0.2, -0.15) is 0 Å². The van der Waals surface area contributed by atoms with Crippen LogP contribution >= 0.6 is 23.2 Å². The average Bonchev–Trinajstić information content (AvgIpc) is 2.57. The van der Waals surface area contributed by atoms with Gasteiger partial charge in [0.2, 0.25) is 5.91 Å². The standard InChI is InChI=1S/C19H20Cl2N2O2/c1-12(23(3)11-15-4-7-16(20)10-18(15)21)19(25)22-17-8-5-14(6-9-17)13(2)24/h4-10,12H,11H2,1-3H3,(H,22,25)/t12-/m1/s1. The Morgan fingerprint density at radius 3 is 2.32 bits per heavy atom. The molecule has 2 rings (SSSR count). The van der Waals surface area contributed by atoms with Gasteiger partial charge >= 0.3 is 0 Å². The van der Waals surface area contributed by atoms with E-state index in [-0.39, 0.29) is 17.7 Å². The van der Waals surface area contributed by atoms with Crippen LogP contribution in [0.15, 0.2) is 42.5 Å². The van der Waals surface area contributed by atoms with Crippen molar-refractivity contribution >= 4 is 40.6 Å². The van der Waals surface area contributed by atoms with E-state index >= 15 is 0 Å². The lowest BCUT2D eigenvalue weighted by atomic mass is 10.1. The summed E-state index contributed by atoms with van der Waals surface area (Å²) in [5, 5.41) is 4.01. The number of hydrogen-bond acceptors (Lipinski definition) is 3. The fourth-order valence-electron chi connectivity index (χ4n) is 2.29. The van der Waals surface area contributed by atoms with Gasteiger partial charge in [0, 0.05) is 27.8 Å². The van der Waals surface area contributed by atoms with Crippen molar-refractivity contribution < 1.29 is 9.59 Å². The van der Waals surface area contributed by atoms with Crippen molar-refractivity contribution in [1.29, 1.82) is 0 Å². The first kappa shape index (κ1) is 19.4. The molecule has 1 amide bonds. The molecule has 0 bridgehead atoms. The van der Waals surface area contributed by atoms with Crippen molar-refractivity contribution in [1.82, 2.24) is 4.90 Å². The first-order valence-corrected chi connectivity index (χ1v) is 8.59. The van der Waals surface area contributed by atoms with Gasteiger partial charge in [-0.05, 0) is 62.9 Å². The highest BCUT2D eigenvalue weighted by molar-refractivity contribution is 6.35. The van der Waals surface area contributed by atoms with Crippen LogP contribution in [0.1, 0.15) is 29.8 Å². The predicted molar refractivity (Wildman–Crippen MR) is 102 cm³/mol. The Labute approximate surface area is 157 Å². The Morgan fingerprint density at radius 2 is 1.76 bits per heavy atom. The number of amides is 1. The second kappa shape index (κ2) is 8.48. The predicted octanol–water partition coefficient (Wildman–Crippen LogP) is 4.66.